The van der Waals surface area contributed by atoms with Crippen LogP contribution in [0.1, 0.15) is 63.9 Å². The van der Waals surface area contributed by atoms with Crippen LogP contribution in [0, 0.1) is 5.92 Å². The zero-order valence-corrected chi connectivity index (χ0v) is 15.6. The number of ether oxygens (including phenoxy) is 1. The summed E-state index contributed by atoms with van der Waals surface area (Å²) in [5.41, 5.74) is 1.00. The lowest BCUT2D eigenvalue weighted by molar-refractivity contribution is -0.144. The highest BCUT2D eigenvalue weighted by atomic mass is 79.9. The number of rotatable bonds is 7. The van der Waals surface area contributed by atoms with Crippen LogP contribution in [0.4, 0.5) is 0 Å². The van der Waals surface area contributed by atoms with E-state index in [9.17, 15) is 4.79 Å². The molecule has 0 radical (unpaired) electrons. The smallest absolute Gasteiger partial charge is 0.331 e. The van der Waals surface area contributed by atoms with E-state index in [1.807, 2.05) is 30.3 Å². The fourth-order valence-corrected chi connectivity index (χ4v) is 3.43. The van der Waals surface area contributed by atoms with Crippen molar-refractivity contribution < 1.29 is 9.53 Å². The third-order valence-electron chi connectivity index (χ3n) is 4.57. The van der Waals surface area contributed by atoms with Crippen LogP contribution in [-0.4, -0.2) is 12.1 Å². The molecule has 0 unspecified atom stereocenters. The van der Waals surface area contributed by atoms with Crippen molar-refractivity contribution in [3.8, 4) is 0 Å². The Morgan fingerprint density at radius 1 is 1.17 bits per heavy atom. The second-order valence-corrected chi connectivity index (χ2v) is 7.38. The molecule has 1 aromatic rings. The van der Waals surface area contributed by atoms with E-state index < -0.39 is 0 Å². The van der Waals surface area contributed by atoms with Gasteiger partial charge in [-0.15, -0.1) is 0 Å². The fourth-order valence-electron chi connectivity index (χ4n) is 3.16. The molecule has 1 aromatic carbocycles. The molecule has 2 rings (SSSR count). The molecule has 2 nitrogen and oxygen atoms in total. The summed E-state index contributed by atoms with van der Waals surface area (Å²) in [7, 11) is 0. The van der Waals surface area contributed by atoms with Gasteiger partial charge in [-0.25, -0.2) is 4.79 Å². The molecule has 0 aliphatic heterocycles. The van der Waals surface area contributed by atoms with Crippen LogP contribution in [0.2, 0.25) is 0 Å². The van der Waals surface area contributed by atoms with Gasteiger partial charge in [-0.05, 0) is 55.4 Å². The van der Waals surface area contributed by atoms with E-state index in [2.05, 4.69) is 22.9 Å². The minimum Gasteiger partial charge on any atom is -0.459 e. The van der Waals surface area contributed by atoms with E-state index in [0.29, 0.717) is 0 Å². The van der Waals surface area contributed by atoms with Crippen molar-refractivity contribution in [1.29, 1.82) is 0 Å². The van der Waals surface area contributed by atoms with Crippen molar-refractivity contribution in [2.45, 2.75) is 64.4 Å². The Bertz CT molecular complexity index is 499. The first kappa shape index (κ1) is 18.3. The maximum atomic E-state index is 11.9. The summed E-state index contributed by atoms with van der Waals surface area (Å²) in [5, 5.41) is 0. The normalized spacial score (nSPS) is 21.5. The standard InChI is InChI=1S/C20H27BrO2/c1-2-3-4-5-16-8-13-19(14-9-16)23-20(22)15-10-17-6-11-18(21)12-7-17/h6-7,10-12,15-16,19H,2-5,8-9,13-14H2,1H3/b15-10+. The zero-order valence-electron chi connectivity index (χ0n) is 14.0. The molecule has 0 amide bonds. The van der Waals surface area contributed by atoms with E-state index in [1.165, 1.54) is 44.6 Å². The lowest BCUT2D eigenvalue weighted by atomic mass is 9.84. The molecule has 1 aliphatic carbocycles. The van der Waals surface area contributed by atoms with Crippen LogP contribution < -0.4 is 0 Å². The van der Waals surface area contributed by atoms with Crippen molar-refractivity contribution in [3.05, 3.63) is 40.4 Å². The second kappa shape index (κ2) is 9.92. The fraction of sp³-hybridized carbons (Fsp3) is 0.550. The van der Waals surface area contributed by atoms with Gasteiger partial charge in [-0.3, -0.25) is 0 Å². The van der Waals surface area contributed by atoms with Gasteiger partial charge in [-0.2, -0.15) is 0 Å². The maximum Gasteiger partial charge on any atom is 0.331 e. The number of carbonyl (C=O) groups is 1. The van der Waals surface area contributed by atoms with E-state index in [0.717, 1.165) is 28.8 Å². The Morgan fingerprint density at radius 2 is 1.87 bits per heavy atom. The highest BCUT2D eigenvalue weighted by molar-refractivity contribution is 9.10. The topological polar surface area (TPSA) is 26.3 Å². The second-order valence-electron chi connectivity index (χ2n) is 6.46. The number of halogens is 1. The molecule has 0 atom stereocenters. The van der Waals surface area contributed by atoms with Gasteiger partial charge < -0.3 is 4.74 Å². The highest BCUT2D eigenvalue weighted by Gasteiger charge is 2.22. The van der Waals surface area contributed by atoms with Gasteiger partial charge in [0, 0.05) is 10.5 Å². The predicted molar refractivity (Wildman–Crippen MR) is 99.2 cm³/mol. The Labute approximate surface area is 148 Å². The zero-order chi connectivity index (χ0) is 16.5. The molecule has 0 spiro atoms. The van der Waals surface area contributed by atoms with Crippen LogP contribution in [0.25, 0.3) is 6.08 Å². The largest absolute Gasteiger partial charge is 0.459 e. The number of hydrogen-bond donors (Lipinski definition) is 0. The van der Waals surface area contributed by atoms with Crippen molar-refractivity contribution >= 4 is 28.0 Å². The summed E-state index contributed by atoms with van der Waals surface area (Å²) in [5.74, 6) is 0.622. The number of hydrogen-bond acceptors (Lipinski definition) is 2. The SMILES string of the molecule is CCCCCC1CCC(OC(=O)/C=C/c2ccc(Br)cc2)CC1. The number of unbranched alkanes of at least 4 members (excludes halogenated alkanes) is 2. The van der Waals surface area contributed by atoms with Crippen LogP contribution in [0.3, 0.4) is 0 Å². The van der Waals surface area contributed by atoms with Gasteiger partial charge in [-0.1, -0.05) is 60.7 Å². The lowest BCUT2D eigenvalue weighted by Crippen LogP contribution is -2.23. The molecular weight excluding hydrogens is 352 g/mol. The molecule has 1 fully saturated rings. The quantitative estimate of drug-likeness (QED) is 0.323. The Morgan fingerprint density at radius 3 is 2.52 bits per heavy atom. The van der Waals surface area contributed by atoms with Gasteiger partial charge in [0.25, 0.3) is 0 Å². The molecule has 1 saturated carbocycles. The molecule has 1 aliphatic rings. The number of esters is 1. The van der Waals surface area contributed by atoms with Gasteiger partial charge >= 0.3 is 5.97 Å². The van der Waals surface area contributed by atoms with Gasteiger partial charge in [0.15, 0.2) is 0 Å². The van der Waals surface area contributed by atoms with E-state index in [-0.39, 0.29) is 12.1 Å². The highest BCUT2D eigenvalue weighted by Crippen LogP contribution is 2.30. The number of carbonyl (C=O) groups excluding carboxylic acids is 1. The van der Waals surface area contributed by atoms with Crippen LogP contribution >= 0.6 is 15.9 Å². The van der Waals surface area contributed by atoms with E-state index >= 15 is 0 Å². The summed E-state index contributed by atoms with van der Waals surface area (Å²) in [4.78, 5) is 11.9. The van der Waals surface area contributed by atoms with Crippen molar-refractivity contribution in [3.63, 3.8) is 0 Å². The number of benzene rings is 1. The van der Waals surface area contributed by atoms with Crippen molar-refractivity contribution in [2.24, 2.45) is 5.92 Å². The molecule has 23 heavy (non-hydrogen) atoms. The minimum atomic E-state index is -0.220. The molecular formula is C20H27BrO2. The molecule has 3 heteroatoms. The third-order valence-corrected chi connectivity index (χ3v) is 5.10. The summed E-state index contributed by atoms with van der Waals surface area (Å²) in [6.07, 6.45) is 13.2. The van der Waals surface area contributed by atoms with Crippen LogP contribution in [0.5, 0.6) is 0 Å². The average molecular weight is 379 g/mol. The Kier molecular flexibility index (Phi) is 7.87. The molecule has 0 N–H and O–H groups in total. The Balaban J connectivity index is 1.69. The minimum absolute atomic E-state index is 0.111. The molecule has 0 heterocycles. The Hall–Kier alpha value is -1.09. The molecule has 0 saturated heterocycles. The monoisotopic (exact) mass is 378 g/mol. The first-order valence-electron chi connectivity index (χ1n) is 8.81. The van der Waals surface area contributed by atoms with Crippen molar-refractivity contribution in [1.82, 2.24) is 0 Å². The first-order chi connectivity index (χ1) is 11.2. The van der Waals surface area contributed by atoms with Crippen LogP contribution in [-0.2, 0) is 9.53 Å². The van der Waals surface area contributed by atoms with E-state index in [1.54, 1.807) is 0 Å². The molecule has 126 valence electrons. The summed E-state index contributed by atoms with van der Waals surface area (Å²) < 4.78 is 6.61. The summed E-state index contributed by atoms with van der Waals surface area (Å²) in [6.45, 7) is 2.25. The first-order valence-corrected chi connectivity index (χ1v) is 9.61. The summed E-state index contributed by atoms with van der Waals surface area (Å²) in [6, 6.07) is 7.86. The average Bonchev–Trinajstić information content (AvgIpc) is 2.56. The van der Waals surface area contributed by atoms with Gasteiger partial charge in [0.2, 0.25) is 0 Å². The van der Waals surface area contributed by atoms with Gasteiger partial charge in [0.1, 0.15) is 6.10 Å². The summed E-state index contributed by atoms with van der Waals surface area (Å²) >= 11 is 3.40. The molecule has 0 bridgehead atoms. The third kappa shape index (κ3) is 6.90. The predicted octanol–water partition coefficient (Wildman–Crippen LogP) is 6.14. The van der Waals surface area contributed by atoms with Crippen LogP contribution in [0.15, 0.2) is 34.8 Å². The van der Waals surface area contributed by atoms with Gasteiger partial charge in [0.05, 0.1) is 0 Å². The maximum absolute atomic E-state index is 11.9. The molecule has 0 aromatic heterocycles. The lowest BCUT2D eigenvalue weighted by Gasteiger charge is -2.28. The van der Waals surface area contributed by atoms with E-state index in [4.69, 9.17) is 4.74 Å². The van der Waals surface area contributed by atoms with Crippen molar-refractivity contribution in [2.75, 3.05) is 0 Å².